The number of rotatable bonds is 6. The van der Waals surface area contributed by atoms with Gasteiger partial charge in [0.1, 0.15) is 0 Å². The molecule has 1 aromatic carbocycles. The second-order valence-corrected chi connectivity index (χ2v) is 9.91. The highest BCUT2D eigenvalue weighted by atomic mass is 14.6. The molecule has 1 unspecified atom stereocenters. The van der Waals surface area contributed by atoms with Gasteiger partial charge in [-0.2, -0.15) is 0 Å². The molecule has 4 aliphatic rings. The summed E-state index contributed by atoms with van der Waals surface area (Å²) in [6.07, 6.45) is 12.0. The van der Waals surface area contributed by atoms with Crippen molar-refractivity contribution < 1.29 is 0 Å². The molecule has 0 saturated heterocycles. The summed E-state index contributed by atoms with van der Waals surface area (Å²) in [6, 6.07) is 11.1. The Morgan fingerprint density at radius 2 is 1.46 bits per heavy atom. The van der Waals surface area contributed by atoms with Gasteiger partial charge in [0.25, 0.3) is 0 Å². The fourth-order valence-electron chi connectivity index (χ4n) is 7.10. The molecule has 0 heterocycles. The van der Waals surface area contributed by atoms with Crippen molar-refractivity contribution in [2.45, 2.75) is 72.1 Å². The van der Waals surface area contributed by atoms with Crippen LogP contribution in [0.25, 0.3) is 0 Å². The third-order valence-electron chi connectivity index (χ3n) is 7.53. The van der Waals surface area contributed by atoms with Crippen molar-refractivity contribution in [3.63, 3.8) is 0 Å². The van der Waals surface area contributed by atoms with Crippen LogP contribution in [0.1, 0.15) is 71.3 Å². The van der Waals surface area contributed by atoms with Gasteiger partial charge in [-0.15, -0.1) is 0 Å². The molecule has 5 rings (SSSR count). The molecule has 4 fully saturated rings. The van der Waals surface area contributed by atoms with Crippen molar-refractivity contribution in [2.24, 2.45) is 35.0 Å². The smallest absolute Gasteiger partial charge is 0.0144 e. The fourth-order valence-corrected chi connectivity index (χ4v) is 7.10. The number of hydrogen-bond donors (Lipinski definition) is 0. The summed E-state index contributed by atoms with van der Waals surface area (Å²) in [6.45, 7) is 7.36. The van der Waals surface area contributed by atoms with Crippen molar-refractivity contribution >= 4 is 0 Å². The van der Waals surface area contributed by atoms with Crippen LogP contribution >= 0.6 is 0 Å². The minimum Gasteiger partial charge on any atom is -0.0622 e. The van der Waals surface area contributed by atoms with Crippen LogP contribution in [0.2, 0.25) is 0 Å². The summed E-state index contributed by atoms with van der Waals surface area (Å²) in [5, 5.41) is 0. The van der Waals surface area contributed by atoms with Gasteiger partial charge in [-0.1, -0.05) is 51.1 Å². The zero-order chi connectivity index (χ0) is 16.7. The molecule has 1 atom stereocenters. The number of benzene rings is 1. The van der Waals surface area contributed by atoms with E-state index in [4.69, 9.17) is 0 Å². The highest BCUT2D eigenvalue weighted by Crippen LogP contribution is 2.62. The zero-order valence-corrected chi connectivity index (χ0v) is 15.9. The quantitative estimate of drug-likeness (QED) is 0.546. The Morgan fingerprint density at radius 3 is 1.96 bits per heavy atom. The van der Waals surface area contributed by atoms with Crippen molar-refractivity contribution in [1.29, 1.82) is 0 Å². The van der Waals surface area contributed by atoms with Crippen LogP contribution in [0.4, 0.5) is 0 Å². The molecule has 0 N–H and O–H groups in total. The molecule has 0 aliphatic heterocycles. The van der Waals surface area contributed by atoms with Crippen LogP contribution in [0.5, 0.6) is 0 Å². The lowest BCUT2D eigenvalue weighted by Gasteiger charge is -2.58. The van der Waals surface area contributed by atoms with Crippen molar-refractivity contribution in [3.05, 3.63) is 41.8 Å². The lowest BCUT2D eigenvalue weighted by atomic mass is 9.47. The van der Waals surface area contributed by atoms with Gasteiger partial charge in [0.05, 0.1) is 0 Å². The summed E-state index contributed by atoms with van der Waals surface area (Å²) in [4.78, 5) is 0. The Kier molecular flexibility index (Phi) is 4.52. The predicted molar refractivity (Wildman–Crippen MR) is 103 cm³/mol. The molecule has 131 valence electrons. The Labute approximate surface area is 149 Å². The maximum Gasteiger partial charge on any atom is -0.0144 e. The van der Waals surface area contributed by atoms with E-state index in [-0.39, 0.29) is 0 Å². The third-order valence-corrected chi connectivity index (χ3v) is 7.53. The highest BCUT2D eigenvalue weighted by molar-refractivity contribution is 5.21. The molecular weight excluding hydrogens is 288 g/mol. The van der Waals surface area contributed by atoms with E-state index in [9.17, 15) is 0 Å². The Bertz CT molecular complexity index is 505. The molecule has 0 heteroatoms. The Morgan fingerprint density at radius 1 is 0.917 bits per heavy atom. The Balaban J connectivity index is 1.46. The predicted octanol–water partition coefficient (Wildman–Crippen LogP) is 6.70. The maximum atomic E-state index is 2.54. The minimum atomic E-state index is 0.703. The summed E-state index contributed by atoms with van der Waals surface area (Å²) in [5.74, 6) is 6.52. The van der Waals surface area contributed by atoms with Crippen LogP contribution < -0.4 is 0 Å². The molecule has 1 aromatic rings. The average molecular weight is 324 g/mol. The summed E-state index contributed by atoms with van der Waals surface area (Å²) >= 11 is 0. The maximum absolute atomic E-state index is 2.54. The molecule has 0 spiro atoms. The molecule has 0 aromatic heterocycles. The van der Waals surface area contributed by atoms with Crippen molar-refractivity contribution in [1.82, 2.24) is 0 Å². The summed E-state index contributed by atoms with van der Waals surface area (Å²) < 4.78 is 0. The van der Waals surface area contributed by atoms with Gasteiger partial charge in [-0.25, -0.2) is 0 Å². The van der Waals surface area contributed by atoms with E-state index in [2.05, 4.69) is 51.1 Å². The topological polar surface area (TPSA) is 0 Å². The van der Waals surface area contributed by atoms with E-state index in [1.54, 1.807) is 44.4 Å². The van der Waals surface area contributed by atoms with Gasteiger partial charge in [0.15, 0.2) is 0 Å². The van der Waals surface area contributed by atoms with Crippen molar-refractivity contribution in [3.8, 4) is 0 Å². The molecular formula is C24H35. The minimum absolute atomic E-state index is 0.703. The van der Waals surface area contributed by atoms with Gasteiger partial charge in [0, 0.05) is 0 Å². The molecule has 4 aliphatic carbocycles. The first-order valence-corrected chi connectivity index (χ1v) is 10.4. The van der Waals surface area contributed by atoms with E-state index < -0.39 is 0 Å². The second kappa shape index (κ2) is 6.50. The average Bonchev–Trinajstić information content (AvgIpc) is 2.51. The lowest BCUT2D eigenvalue weighted by molar-refractivity contribution is -0.0640. The molecule has 24 heavy (non-hydrogen) atoms. The van der Waals surface area contributed by atoms with Crippen molar-refractivity contribution in [2.75, 3.05) is 0 Å². The zero-order valence-electron chi connectivity index (χ0n) is 15.9. The van der Waals surface area contributed by atoms with Crippen LogP contribution in [-0.4, -0.2) is 0 Å². The van der Waals surface area contributed by atoms with Crippen LogP contribution in [0.15, 0.2) is 30.3 Å². The van der Waals surface area contributed by atoms with E-state index in [1.807, 2.05) is 0 Å². The molecule has 4 saturated carbocycles. The SMILES string of the molecule is CC(C)[C](Cc1ccccc1)C(C)CC12CC3CC(CC(C3)C1)C2. The first kappa shape index (κ1) is 16.7. The first-order chi connectivity index (χ1) is 11.5. The molecule has 0 nitrogen and oxygen atoms in total. The highest BCUT2D eigenvalue weighted by Gasteiger charge is 2.51. The molecule has 1 radical (unpaired) electrons. The van der Waals surface area contributed by atoms with Gasteiger partial charge in [-0.3, -0.25) is 0 Å². The normalized spacial score (nSPS) is 35.8. The van der Waals surface area contributed by atoms with E-state index >= 15 is 0 Å². The largest absolute Gasteiger partial charge is 0.0622 e. The fraction of sp³-hybridized carbons (Fsp3) is 0.708. The Hall–Kier alpha value is -0.780. The van der Waals surface area contributed by atoms with Crippen LogP contribution in [0, 0.1) is 40.9 Å². The monoisotopic (exact) mass is 323 g/mol. The first-order valence-electron chi connectivity index (χ1n) is 10.4. The third kappa shape index (κ3) is 3.31. The summed E-state index contributed by atoms with van der Waals surface area (Å²) in [7, 11) is 0. The number of hydrogen-bond acceptors (Lipinski definition) is 0. The molecule has 0 amide bonds. The van der Waals surface area contributed by atoms with E-state index in [0.29, 0.717) is 11.3 Å². The van der Waals surface area contributed by atoms with E-state index in [0.717, 1.165) is 23.7 Å². The second-order valence-electron chi connectivity index (χ2n) is 9.91. The van der Waals surface area contributed by atoms with Crippen LogP contribution in [0.3, 0.4) is 0 Å². The molecule has 4 bridgehead atoms. The summed E-state index contributed by atoms with van der Waals surface area (Å²) in [5.41, 5.74) is 2.21. The standard InChI is InChI=1S/C24H35/c1-17(2)23(12-19-7-5-4-6-8-19)18(3)13-24-14-20-9-21(15-24)11-22(10-20)16-24/h4-8,17-18,20-22H,9-16H2,1-3H3. The van der Waals surface area contributed by atoms with Gasteiger partial charge in [-0.05, 0) is 97.9 Å². The van der Waals surface area contributed by atoms with Gasteiger partial charge >= 0.3 is 0 Å². The lowest BCUT2D eigenvalue weighted by Crippen LogP contribution is -2.47. The van der Waals surface area contributed by atoms with Gasteiger partial charge < -0.3 is 0 Å². The van der Waals surface area contributed by atoms with Crippen LogP contribution in [-0.2, 0) is 6.42 Å². The van der Waals surface area contributed by atoms with Gasteiger partial charge in [0.2, 0.25) is 0 Å². The van der Waals surface area contributed by atoms with E-state index in [1.165, 1.54) is 18.4 Å².